The number of allylic oxidation sites excluding steroid dienone is 2. The van der Waals surface area contributed by atoms with Gasteiger partial charge in [0.05, 0.1) is 24.9 Å². The summed E-state index contributed by atoms with van der Waals surface area (Å²) in [7, 11) is 0. The Morgan fingerprint density at radius 2 is 1.57 bits per heavy atom. The SMILES string of the molecule is CCCCCCCCCC(=O)OCCCC/C=C\C[C@@H]1[C@@H](/C=C/[C@@H](O)CCCCC)[C@H](O)C[C@@H]1O. The fourth-order valence-corrected chi connectivity index (χ4v) is 4.88. The molecule has 0 spiro atoms. The predicted molar refractivity (Wildman–Crippen MR) is 144 cm³/mol. The number of ether oxygens (including phenoxy) is 1. The maximum atomic E-state index is 11.8. The van der Waals surface area contributed by atoms with Crippen molar-refractivity contribution >= 4 is 5.97 Å². The largest absolute Gasteiger partial charge is 0.466 e. The van der Waals surface area contributed by atoms with E-state index < -0.39 is 18.3 Å². The summed E-state index contributed by atoms with van der Waals surface area (Å²) in [5.41, 5.74) is 0. The molecule has 0 aromatic heterocycles. The van der Waals surface area contributed by atoms with Crippen molar-refractivity contribution in [1.82, 2.24) is 0 Å². The normalized spacial score (nSPS) is 23.5. The summed E-state index contributed by atoms with van der Waals surface area (Å²) in [5.74, 6) is -0.211. The standard InChI is InChI=1S/C30H54O5/c1-3-5-7-8-9-12-16-20-30(34)35-23-17-13-10-11-15-19-26-27(29(33)24-28(26)32)22-21-25(31)18-14-6-4-2/h11,15,21-22,25-29,31-33H,3-10,12-14,16-20,23-24H2,1-2H3/b15-11-,22-21+/t25-,26+,27+,28-,29+/m0/s1. The first kappa shape index (κ1) is 31.9. The molecule has 1 aliphatic carbocycles. The van der Waals surface area contributed by atoms with Gasteiger partial charge in [0, 0.05) is 18.8 Å². The number of unbranched alkanes of at least 4 members (excludes halogenated alkanes) is 10. The van der Waals surface area contributed by atoms with Crippen molar-refractivity contribution in [2.45, 2.75) is 141 Å². The highest BCUT2D eigenvalue weighted by Crippen LogP contribution is 2.36. The molecule has 0 bridgehead atoms. The van der Waals surface area contributed by atoms with E-state index in [0.717, 1.165) is 57.8 Å². The van der Waals surface area contributed by atoms with Gasteiger partial charge in [-0.2, -0.15) is 0 Å². The quantitative estimate of drug-likeness (QED) is 0.0945. The molecule has 0 heterocycles. The number of carbonyl (C=O) groups is 1. The van der Waals surface area contributed by atoms with Gasteiger partial charge in [-0.15, -0.1) is 0 Å². The second kappa shape index (κ2) is 21.0. The summed E-state index contributed by atoms with van der Waals surface area (Å²) in [5, 5.41) is 30.9. The predicted octanol–water partition coefficient (Wildman–Crippen LogP) is 6.64. The van der Waals surface area contributed by atoms with Crippen LogP contribution in [-0.4, -0.2) is 46.2 Å². The van der Waals surface area contributed by atoms with Crippen LogP contribution in [0.1, 0.15) is 123 Å². The van der Waals surface area contributed by atoms with Gasteiger partial charge in [-0.1, -0.05) is 95.9 Å². The third-order valence-electron chi connectivity index (χ3n) is 7.16. The second-order valence-corrected chi connectivity index (χ2v) is 10.4. The van der Waals surface area contributed by atoms with E-state index in [1.165, 1.54) is 32.1 Å². The fraction of sp³-hybridized carbons (Fsp3) is 0.833. The zero-order valence-corrected chi connectivity index (χ0v) is 22.6. The molecular weight excluding hydrogens is 440 g/mol. The highest BCUT2D eigenvalue weighted by atomic mass is 16.5. The van der Waals surface area contributed by atoms with Crippen LogP contribution in [0.4, 0.5) is 0 Å². The number of carbonyl (C=O) groups excluding carboxylic acids is 1. The third-order valence-corrected chi connectivity index (χ3v) is 7.16. The van der Waals surface area contributed by atoms with E-state index in [9.17, 15) is 20.1 Å². The van der Waals surface area contributed by atoms with Crippen LogP contribution in [0.15, 0.2) is 24.3 Å². The van der Waals surface area contributed by atoms with Gasteiger partial charge in [0.25, 0.3) is 0 Å². The Hall–Kier alpha value is -1.17. The number of aliphatic hydroxyl groups excluding tert-OH is 3. The Labute approximate surface area is 215 Å². The van der Waals surface area contributed by atoms with Crippen LogP contribution in [0.3, 0.4) is 0 Å². The fourth-order valence-electron chi connectivity index (χ4n) is 4.88. The number of hydrogen-bond donors (Lipinski definition) is 3. The summed E-state index contributed by atoms with van der Waals surface area (Å²) in [6.45, 7) is 4.85. The molecule has 5 nitrogen and oxygen atoms in total. The van der Waals surface area contributed by atoms with Crippen molar-refractivity contribution in [2.75, 3.05) is 6.61 Å². The Morgan fingerprint density at radius 3 is 2.31 bits per heavy atom. The molecule has 0 radical (unpaired) electrons. The molecule has 5 atom stereocenters. The zero-order valence-electron chi connectivity index (χ0n) is 22.6. The molecule has 0 saturated heterocycles. The van der Waals surface area contributed by atoms with Gasteiger partial charge in [0.1, 0.15) is 0 Å². The molecule has 1 saturated carbocycles. The molecule has 0 aliphatic heterocycles. The zero-order chi connectivity index (χ0) is 25.7. The van der Waals surface area contributed by atoms with E-state index >= 15 is 0 Å². The molecule has 1 fully saturated rings. The van der Waals surface area contributed by atoms with Gasteiger partial charge >= 0.3 is 5.97 Å². The smallest absolute Gasteiger partial charge is 0.305 e. The number of rotatable bonds is 21. The van der Waals surface area contributed by atoms with Crippen LogP contribution in [0.2, 0.25) is 0 Å². The van der Waals surface area contributed by atoms with Gasteiger partial charge in [0.15, 0.2) is 0 Å². The minimum atomic E-state index is -0.557. The third kappa shape index (κ3) is 15.5. The minimum Gasteiger partial charge on any atom is -0.466 e. The van der Waals surface area contributed by atoms with E-state index in [0.29, 0.717) is 25.9 Å². The van der Waals surface area contributed by atoms with E-state index in [4.69, 9.17) is 4.74 Å². The molecule has 35 heavy (non-hydrogen) atoms. The molecule has 1 rings (SSSR count). The van der Waals surface area contributed by atoms with E-state index in [-0.39, 0.29) is 17.8 Å². The van der Waals surface area contributed by atoms with Crippen molar-refractivity contribution in [2.24, 2.45) is 11.8 Å². The minimum absolute atomic E-state index is 0.0204. The molecular formula is C30H54O5. The monoisotopic (exact) mass is 494 g/mol. The Kier molecular flexibility index (Phi) is 19.1. The second-order valence-electron chi connectivity index (χ2n) is 10.4. The van der Waals surface area contributed by atoms with Crippen LogP contribution < -0.4 is 0 Å². The first-order valence-corrected chi connectivity index (χ1v) is 14.5. The van der Waals surface area contributed by atoms with E-state index in [1.54, 1.807) is 6.08 Å². The lowest BCUT2D eigenvalue weighted by molar-refractivity contribution is -0.143. The number of esters is 1. The first-order chi connectivity index (χ1) is 17.0. The van der Waals surface area contributed by atoms with Gasteiger partial charge < -0.3 is 20.1 Å². The topological polar surface area (TPSA) is 87.0 Å². The maximum Gasteiger partial charge on any atom is 0.305 e. The highest BCUT2D eigenvalue weighted by Gasteiger charge is 2.39. The van der Waals surface area contributed by atoms with Gasteiger partial charge in [-0.05, 0) is 44.4 Å². The summed E-state index contributed by atoms with van der Waals surface area (Å²) in [4.78, 5) is 11.8. The lowest BCUT2D eigenvalue weighted by Gasteiger charge is -2.19. The average molecular weight is 495 g/mol. The Morgan fingerprint density at radius 1 is 0.886 bits per heavy atom. The average Bonchev–Trinajstić information content (AvgIpc) is 3.10. The van der Waals surface area contributed by atoms with Crippen LogP contribution in [-0.2, 0) is 9.53 Å². The molecule has 5 heteroatoms. The highest BCUT2D eigenvalue weighted by molar-refractivity contribution is 5.69. The van der Waals surface area contributed by atoms with Gasteiger partial charge in [-0.3, -0.25) is 4.79 Å². The summed E-state index contributed by atoms with van der Waals surface area (Å²) < 4.78 is 5.34. The number of aliphatic hydroxyl groups is 3. The Balaban J connectivity index is 2.15. The summed E-state index contributed by atoms with van der Waals surface area (Å²) >= 11 is 0. The van der Waals surface area contributed by atoms with Crippen LogP contribution in [0.5, 0.6) is 0 Å². The van der Waals surface area contributed by atoms with Gasteiger partial charge in [-0.25, -0.2) is 0 Å². The first-order valence-electron chi connectivity index (χ1n) is 14.5. The number of hydrogen-bond acceptors (Lipinski definition) is 5. The molecule has 0 amide bonds. The van der Waals surface area contributed by atoms with Crippen molar-refractivity contribution < 1.29 is 24.9 Å². The molecule has 0 aromatic rings. The lowest BCUT2D eigenvalue weighted by atomic mass is 9.89. The summed E-state index contributed by atoms with van der Waals surface area (Å²) in [6.07, 6.45) is 23.2. The van der Waals surface area contributed by atoms with Crippen molar-refractivity contribution in [3.05, 3.63) is 24.3 Å². The lowest BCUT2D eigenvalue weighted by Crippen LogP contribution is -2.20. The van der Waals surface area contributed by atoms with E-state index in [1.807, 2.05) is 6.08 Å². The van der Waals surface area contributed by atoms with Crippen LogP contribution >= 0.6 is 0 Å². The molecule has 204 valence electrons. The summed E-state index contributed by atoms with van der Waals surface area (Å²) in [6, 6.07) is 0. The van der Waals surface area contributed by atoms with Crippen molar-refractivity contribution in [3.8, 4) is 0 Å². The van der Waals surface area contributed by atoms with Gasteiger partial charge in [0.2, 0.25) is 0 Å². The molecule has 0 aromatic carbocycles. The Bertz CT molecular complexity index is 573. The van der Waals surface area contributed by atoms with Crippen LogP contribution in [0.25, 0.3) is 0 Å². The van der Waals surface area contributed by atoms with Crippen molar-refractivity contribution in [3.63, 3.8) is 0 Å². The molecule has 1 aliphatic rings. The van der Waals surface area contributed by atoms with Crippen molar-refractivity contribution in [1.29, 1.82) is 0 Å². The molecule has 3 N–H and O–H groups in total. The maximum absolute atomic E-state index is 11.8. The van der Waals surface area contributed by atoms with Crippen LogP contribution in [0, 0.1) is 11.8 Å². The molecule has 0 unspecified atom stereocenters. The van der Waals surface area contributed by atoms with E-state index in [2.05, 4.69) is 26.0 Å².